The number of aromatic nitrogens is 2. The number of amides is 1. The quantitative estimate of drug-likeness (QED) is 0.330. The second kappa shape index (κ2) is 8.93. The lowest BCUT2D eigenvalue weighted by Gasteiger charge is -2.25. The van der Waals surface area contributed by atoms with Crippen molar-refractivity contribution in [1.29, 1.82) is 0 Å². The maximum atomic E-state index is 13.1. The van der Waals surface area contributed by atoms with Crippen LogP contribution in [0.1, 0.15) is 23.6 Å². The van der Waals surface area contributed by atoms with Crippen molar-refractivity contribution in [2.24, 2.45) is 0 Å². The number of Topliss-reactive ketones (excluding diaryl/α,β-unsaturated/α-hetero) is 1. The van der Waals surface area contributed by atoms with Crippen LogP contribution in [0.2, 0.25) is 0 Å². The number of ketones is 1. The molecular formula is C25H23N3O6. The van der Waals surface area contributed by atoms with Crippen LogP contribution in [-0.2, 0) is 16.1 Å². The number of likely N-dealkylation sites (tertiary alicyclic amines) is 1. The predicted octanol–water partition coefficient (Wildman–Crippen LogP) is 2.87. The van der Waals surface area contributed by atoms with Gasteiger partial charge in [-0.25, -0.2) is 4.98 Å². The van der Waals surface area contributed by atoms with E-state index in [2.05, 4.69) is 4.98 Å². The number of aromatic hydroxyl groups is 1. The van der Waals surface area contributed by atoms with Crippen molar-refractivity contribution in [1.82, 2.24) is 14.5 Å². The molecule has 2 N–H and O–H groups in total. The van der Waals surface area contributed by atoms with E-state index in [1.165, 1.54) is 17.0 Å². The average molecular weight is 461 g/mol. The first kappa shape index (κ1) is 21.6. The molecule has 0 bridgehead atoms. The first-order valence-electron chi connectivity index (χ1n) is 11.0. The second-order valence-electron chi connectivity index (χ2n) is 8.10. The summed E-state index contributed by atoms with van der Waals surface area (Å²) in [5.41, 5.74) is 0.957. The SMILES string of the molecule is O=C1C(=O)N(CCCn2ccnc2)[C@H](c2ccc(O)cc2)/C1=C(\O)c1ccc2c(c1)OCCO2. The summed E-state index contributed by atoms with van der Waals surface area (Å²) in [7, 11) is 0. The molecule has 0 aliphatic carbocycles. The fraction of sp³-hybridized carbons (Fsp3) is 0.240. The van der Waals surface area contributed by atoms with E-state index in [9.17, 15) is 19.8 Å². The molecule has 2 aliphatic heterocycles. The molecule has 9 heteroatoms. The van der Waals surface area contributed by atoms with Crippen molar-refractivity contribution in [3.63, 3.8) is 0 Å². The number of phenols is 1. The highest BCUT2D eigenvalue weighted by Crippen LogP contribution is 2.41. The lowest BCUT2D eigenvalue weighted by Crippen LogP contribution is -2.31. The van der Waals surface area contributed by atoms with Crippen molar-refractivity contribution in [2.75, 3.05) is 19.8 Å². The van der Waals surface area contributed by atoms with Crippen molar-refractivity contribution in [3.8, 4) is 17.2 Å². The summed E-state index contributed by atoms with van der Waals surface area (Å²) in [5.74, 6) is -0.641. The lowest BCUT2D eigenvalue weighted by molar-refractivity contribution is -0.139. The molecule has 3 heterocycles. The molecule has 2 aromatic carbocycles. The molecule has 2 aliphatic rings. The Kier molecular flexibility index (Phi) is 5.67. The molecule has 1 amide bonds. The number of ether oxygens (including phenoxy) is 2. The summed E-state index contributed by atoms with van der Waals surface area (Å²) >= 11 is 0. The smallest absolute Gasteiger partial charge is 0.295 e. The molecule has 9 nitrogen and oxygen atoms in total. The number of nitrogens with zero attached hydrogens (tertiary/aromatic N) is 3. The summed E-state index contributed by atoms with van der Waals surface area (Å²) in [6, 6.07) is 10.4. The zero-order chi connectivity index (χ0) is 23.7. The standard InChI is InChI=1S/C25H23N3O6/c29-18-5-2-16(3-6-18)22-21(23(30)17-4-7-19-20(14-17)34-13-12-33-19)24(31)25(32)28(22)10-1-9-27-11-8-26-15-27/h2-8,11,14-15,22,29-30H,1,9-10,12-13H2/b23-21+/t22-/m1/s1. The normalized spacial score (nSPS) is 18.9. The number of aryl methyl sites for hydroxylation is 1. The first-order chi connectivity index (χ1) is 16.5. The highest BCUT2D eigenvalue weighted by atomic mass is 16.6. The van der Waals surface area contributed by atoms with Crippen LogP contribution in [0.25, 0.3) is 5.76 Å². The Morgan fingerprint density at radius 2 is 1.79 bits per heavy atom. The third-order valence-corrected chi connectivity index (χ3v) is 5.94. The van der Waals surface area contributed by atoms with Gasteiger partial charge in [0.2, 0.25) is 0 Å². The Labute approximate surface area is 195 Å². The van der Waals surface area contributed by atoms with E-state index in [4.69, 9.17) is 9.47 Å². The van der Waals surface area contributed by atoms with Crippen molar-refractivity contribution < 1.29 is 29.3 Å². The summed E-state index contributed by atoms with van der Waals surface area (Å²) in [6.07, 6.45) is 5.78. The molecule has 0 spiro atoms. The Morgan fingerprint density at radius 1 is 1.03 bits per heavy atom. The molecule has 0 saturated carbocycles. The maximum Gasteiger partial charge on any atom is 0.295 e. The van der Waals surface area contributed by atoms with Gasteiger partial charge in [0.05, 0.1) is 17.9 Å². The largest absolute Gasteiger partial charge is 0.508 e. The van der Waals surface area contributed by atoms with Gasteiger partial charge in [-0.15, -0.1) is 0 Å². The van der Waals surface area contributed by atoms with E-state index in [1.54, 1.807) is 42.9 Å². The number of carbonyl (C=O) groups is 2. The Hall–Kier alpha value is -4.27. The zero-order valence-corrected chi connectivity index (χ0v) is 18.3. The van der Waals surface area contributed by atoms with Crippen LogP contribution in [0.4, 0.5) is 0 Å². The van der Waals surface area contributed by atoms with Gasteiger partial charge in [0.25, 0.3) is 11.7 Å². The lowest BCUT2D eigenvalue weighted by atomic mass is 9.95. The van der Waals surface area contributed by atoms with Gasteiger partial charge < -0.3 is 29.2 Å². The number of aliphatic hydroxyl groups is 1. The first-order valence-corrected chi connectivity index (χ1v) is 11.0. The van der Waals surface area contributed by atoms with Gasteiger partial charge in [-0.05, 0) is 42.3 Å². The van der Waals surface area contributed by atoms with E-state index in [0.717, 1.165) is 0 Å². The van der Waals surface area contributed by atoms with Gasteiger partial charge in [-0.2, -0.15) is 0 Å². The molecule has 5 rings (SSSR count). The Balaban J connectivity index is 1.53. The van der Waals surface area contributed by atoms with E-state index in [1.807, 2.05) is 10.8 Å². The molecule has 3 aromatic rings. The number of aliphatic hydroxyl groups excluding tert-OH is 1. The highest BCUT2D eigenvalue weighted by Gasteiger charge is 2.45. The molecule has 0 unspecified atom stereocenters. The van der Waals surface area contributed by atoms with Crippen molar-refractivity contribution >= 4 is 17.4 Å². The van der Waals surface area contributed by atoms with Crippen LogP contribution >= 0.6 is 0 Å². The zero-order valence-electron chi connectivity index (χ0n) is 18.3. The molecule has 34 heavy (non-hydrogen) atoms. The van der Waals surface area contributed by atoms with E-state index in [0.29, 0.717) is 55.4 Å². The van der Waals surface area contributed by atoms with Crippen LogP contribution < -0.4 is 9.47 Å². The number of carbonyl (C=O) groups excluding carboxylic acids is 2. The third kappa shape index (κ3) is 3.96. The van der Waals surface area contributed by atoms with Gasteiger partial charge in [-0.1, -0.05) is 12.1 Å². The van der Waals surface area contributed by atoms with Crippen LogP contribution in [0, 0.1) is 0 Å². The van der Waals surface area contributed by atoms with E-state index >= 15 is 0 Å². The van der Waals surface area contributed by atoms with Crippen LogP contribution in [-0.4, -0.2) is 56.1 Å². The number of hydrogen-bond acceptors (Lipinski definition) is 7. The highest BCUT2D eigenvalue weighted by molar-refractivity contribution is 6.46. The van der Waals surface area contributed by atoms with Gasteiger partial charge >= 0.3 is 0 Å². The molecule has 0 radical (unpaired) electrons. The van der Waals surface area contributed by atoms with Crippen molar-refractivity contribution in [2.45, 2.75) is 19.0 Å². The number of hydrogen-bond donors (Lipinski definition) is 2. The molecular weight excluding hydrogens is 438 g/mol. The number of benzene rings is 2. The third-order valence-electron chi connectivity index (χ3n) is 5.94. The van der Waals surface area contributed by atoms with Gasteiger partial charge in [0.15, 0.2) is 11.5 Å². The Bertz CT molecular complexity index is 1250. The summed E-state index contributed by atoms with van der Waals surface area (Å²) in [6.45, 7) is 1.73. The van der Waals surface area contributed by atoms with E-state index in [-0.39, 0.29) is 17.1 Å². The summed E-state index contributed by atoms with van der Waals surface area (Å²) < 4.78 is 13.0. The molecule has 1 atom stereocenters. The minimum Gasteiger partial charge on any atom is -0.508 e. The Morgan fingerprint density at radius 3 is 2.53 bits per heavy atom. The number of phenolic OH excluding ortho intramolecular Hbond substituents is 1. The minimum atomic E-state index is -0.795. The fourth-order valence-corrected chi connectivity index (χ4v) is 4.30. The minimum absolute atomic E-state index is 0.00463. The summed E-state index contributed by atoms with van der Waals surface area (Å²) in [4.78, 5) is 31.7. The predicted molar refractivity (Wildman–Crippen MR) is 121 cm³/mol. The number of fused-ring (bicyclic) bond motifs is 1. The number of imidazole rings is 1. The second-order valence-corrected chi connectivity index (χ2v) is 8.10. The summed E-state index contributed by atoms with van der Waals surface area (Å²) in [5, 5.41) is 21.0. The molecule has 174 valence electrons. The fourth-order valence-electron chi connectivity index (χ4n) is 4.30. The molecule has 1 fully saturated rings. The maximum absolute atomic E-state index is 13.1. The van der Waals surface area contributed by atoms with Crippen LogP contribution in [0.15, 0.2) is 66.8 Å². The molecule has 1 saturated heterocycles. The van der Waals surface area contributed by atoms with Gasteiger partial charge in [0, 0.05) is 31.0 Å². The van der Waals surface area contributed by atoms with Gasteiger partial charge in [-0.3, -0.25) is 9.59 Å². The monoisotopic (exact) mass is 461 g/mol. The van der Waals surface area contributed by atoms with Crippen LogP contribution in [0.5, 0.6) is 17.2 Å². The number of rotatable bonds is 6. The van der Waals surface area contributed by atoms with Crippen LogP contribution in [0.3, 0.4) is 0 Å². The topological polar surface area (TPSA) is 114 Å². The average Bonchev–Trinajstić information content (AvgIpc) is 3.46. The molecule has 1 aromatic heterocycles. The van der Waals surface area contributed by atoms with E-state index < -0.39 is 17.7 Å². The van der Waals surface area contributed by atoms with Crippen molar-refractivity contribution in [3.05, 3.63) is 77.9 Å². The van der Waals surface area contributed by atoms with Gasteiger partial charge in [0.1, 0.15) is 24.7 Å².